The van der Waals surface area contributed by atoms with Gasteiger partial charge in [-0.2, -0.15) is 9.29 Å². The van der Waals surface area contributed by atoms with Crippen molar-refractivity contribution in [3.63, 3.8) is 0 Å². The molecule has 0 unspecified atom stereocenters. The number of hydrogen-bond acceptors (Lipinski definition) is 7. The molecule has 1 aromatic heterocycles. The van der Waals surface area contributed by atoms with Crippen molar-refractivity contribution in [3.8, 4) is 17.1 Å². The molecule has 1 N–H and O–H groups in total. The highest BCUT2D eigenvalue weighted by atomic mass is 32.2. The van der Waals surface area contributed by atoms with Gasteiger partial charge < -0.3 is 14.6 Å². The normalized spacial score (nSPS) is 14.9. The predicted molar refractivity (Wildman–Crippen MR) is 132 cm³/mol. The van der Waals surface area contributed by atoms with Crippen LogP contribution in [0.4, 0.5) is 5.69 Å². The lowest BCUT2D eigenvalue weighted by atomic mass is 10.1. The number of carbonyl (C=O) groups excluding carboxylic acids is 1. The smallest absolute Gasteiger partial charge is 0.243 e. The molecule has 1 aliphatic heterocycles. The van der Waals surface area contributed by atoms with Crippen LogP contribution in [0.2, 0.25) is 0 Å². The molecule has 0 atom stereocenters. The van der Waals surface area contributed by atoms with Crippen molar-refractivity contribution in [1.29, 1.82) is 0 Å². The SMILES string of the molecule is COc1ccc(S(=O)(=O)N2CCCCCC2)cc1NC(=O)CCc1nc(-c2ccc(C)cc2)no1. The topological polar surface area (TPSA) is 115 Å². The molecular formula is C25H30N4O5S. The van der Waals surface area contributed by atoms with Gasteiger partial charge >= 0.3 is 0 Å². The van der Waals surface area contributed by atoms with Crippen molar-refractivity contribution in [2.75, 3.05) is 25.5 Å². The molecule has 0 radical (unpaired) electrons. The van der Waals surface area contributed by atoms with E-state index in [0.717, 1.165) is 36.8 Å². The lowest BCUT2D eigenvalue weighted by molar-refractivity contribution is -0.116. The van der Waals surface area contributed by atoms with Gasteiger partial charge in [0.15, 0.2) is 0 Å². The zero-order valence-electron chi connectivity index (χ0n) is 20.0. The maximum Gasteiger partial charge on any atom is 0.243 e. The number of aromatic nitrogens is 2. The molecule has 10 heteroatoms. The Bertz CT molecular complexity index is 1260. The van der Waals surface area contributed by atoms with Crippen LogP contribution in [0.1, 0.15) is 43.6 Å². The molecule has 0 spiro atoms. The quantitative estimate of drug-likeness (QED) is 0.495. The maximum atomic E-state index is 13.2. The second kappa shape index (κ2) is 11.0. The van der Waals surface area contributed by atoms with Crippen molar-refractivity contribution in [2.45, 2.75) is 50.3 Å². The first-order chi connectivity index (χ1) is 16.9. The Kier molecular flexibility index (Phi) is 7.82. The molecular weight excluding hydrogens is 468 g/mol. The van der Waals surface area contributed by atoms with Gasteiger partial charge in [0, 0.05) is 31.5 Å². The number of benzene rings is 2. The maximum absolute atomic E-state index is 13.2. The lowest BCUT2D eigenvalue weighted by Crippen LogP contribution is -2.32. The van der Waals surface area contributed by atoms with Crippen LogP contribution in [-0.2, 0) is 21.2 Å². The number of ether oxygens (including phenoxy) is 1. The molecule has 2 heterocycles. The first-order valence-electron chi connectivity index (χ1n) is 11.7. The summed E-state index contributed by atoms with van der Waals surface area (Å²) in [5.41, 5.74) is 2.27. The fourth-order valence-corrected chi connectivity index (χ4v) is 5.53. The summed E-state index contributed by atoms with van der Waals surface area (Å²) in [5, 5.41) is 6.75. The second-order valence-corrected chi connectivity index (χ2v) is 10.5. The minimum Gasteiger partial charge on any atom is -0.495 e. The van der Waals surface area contributed by atoms with Gasteiger partial charge in [-0.1, -0.05) is 47.8 Å². The lowest BCUT2D eigenvalue weighted by Gasteiger charge is -2.21. The van der Waals surface area contributed by atoms with Crippen molar-refractivity contribution in [3.05, 3.63) is 53.9 Å². The molecule has 4 rings (SSSR count). The summed E-state index contributed by atoms with van der Waals surface area (Å²) in [5.74, 6) is 0.879. The monoisotopic (exact) mass is 498 g/mol. The summed E-state index contributed by atoms with van der Waals surface area (Å²) in [6, 6.07) is 12.3. The largest absolute Gasteiger partial charge is 0.495 e. The minimum absolute atomic E-state index is 0.0851. The summed E-state index contributed by atoms with van der Waals surface area (Å²) in [7, 11) is -2.19. The van der Waals surface area contributed by atoms with Crippen LogP contribution in [0.3, 0.4) is 0 Å². The van der Waals surface area contributed by atoms with E-state index in [9.17, 15) is 13.2 Å². The number of rotatable bonds is 8. The molecule has 1 saturated heterocycles. The predicted octanol–water partition coefficient (Wildman–Crippen LogP) is 4.19. The summed E-state index contributed by atoms with van der Waals surface area (Å²) in [4.78, 5) is 17.2. The summed E-state index contributed by atoms with van der Waals surface area (Å²) in [6.45, 7) is 3.01. The van der Waals surface area contributed by atoms with Crippen LogP contribution in [-0.4, -0.2) is 49.0 Å². The molecule has 0 saturated carbocycles. The Labute approximate surface area is 205 Å². The van der Waals surface area contributed by atoms with E-state index >= 15 is 0 Å². The molecule has 186 valence electrons. The van der Waals surface area contributed by atoms with Gasteiger partial charge in [-0.25, -0.2) is 8.42 Å². The zero-order chi connectivity index (χ0) is 24.8. The highest BCUT2D eigenvalue weighted by Gasteiger charge is 2.26. The van der Waals surface area contributed by atoms with Gasteiger partial charge in [0.25, 0.3) is 0 Å². The van der Waals surface area contributed by atoms with E-state index in [1.54, 1.807) is 6.07 Å². The fourth-order valence-electron chi connectivity index (χ4n) is 3.99. The van der Waals surface area contributed by atoms with Crippen LogP contribution in [0, 0.1) is 6.92 Å². The van der Waals surface area contributed by atoms with Crippen molar-refractivity contribution in [2.24, 2.45) is 0 Å². The average Bonchev–Trinajstić information content (AvgIpc) is 3.15. The number of amides is 1. The Hall–Kier alpha value is -3.24. The first-order valence-corrected chi connectivity index (χ1v) is 13.2. The van der Waals surface area contributed by atoms with Gasteiger partial charge in [-0.15, -0.1) is 0 Å². The number of nitrogens with one attached hydrogen (secondary N) is 1. The van der Waals surface area contributed by atoms with Gasteiger partial charge in [-0.05, 0) is 38.0 Å². The highest BCUT2D eigenvalue weighted by molar-refractivity contribution is 7.89. The molecule has 1 aliphatic rings. The third kappa shape index (κ3) is 6.07. The van der Waals surface area contributed by atoms with E-state index in [0.29, 0.717) is 36.2 Å². The summed E-state index contributed by atoms with van der Waals surface area (Å²) >= 11 is 0. The van der Waals surface area contributed by atoms with Crippen molar-refractivity contribution in [1.82, 2.24) is 14.4 Å². The van der Waals surface area contributed by atoms with Crippen LogP contribution in [0.5, 0.6) is 5.75 Å². The third-order valence-corrected chi connectivity index (χ3v) is 7.89. The molecule has 35 heavy (non-hydrogen) atoms. The Morgan fingerprint density at radius 3 is 2.49 bits per heavy atom. The number of carbonyl (C=O) groups is 1. The number of aryl methyl sites for hydroxylation is 2. The van der Waals surface area contributed by atoms with E-state index in [2.05, 4.69) is 15.5 Å². The average molecular weight is 499 g/mol. The van der Waals surface area contributed by atoms with Crippen molar-refractivity contribution < 1.29 is 22.5 Å². The molecule has 1 fully saturated rings. The second-order valence-electron chi connectivity index (χ2n) is 8.61. The third-order valence-electron chi connectivity index (χ3n) is 5.99. The minimum atomic E-state index is -3.66. The number of nitrogens with zero attached hydrogens (tertiary/aromatic N) is 3. The number of methoxy groups -OCH3 is 1. The molecule has 1 amide bonds. The van der Waals surface area contributed by atoms with Gasteiger partial charge in [0.05, 0.1) is 17.7 Å². The van der Waals surface area contributed by atoms with E-state index in [4.69, 9.17) is 9.26 Å². The van der Waals surface area contributed by atoms with Crippen molar-refractivity contribution >= 4 is 21.6 Å². The molecule has 9 nitrogen and oxygen atoms in total. The Morgan fingerprint density at radius 2 is 1.80 bits per heavy atom. The molecule has 2 aromatic carbocycles. The van der Waals surface area contributed by atoms with Gasteiger partial charge in [0.1, 0.15) is 5.75 Å². The highest BCUT2D eigenvalue weighted by Crippen LogP contribution is 2.30. The first kappa shape index (κ1) is 24.9. The standard InChI is InChI=1S/C25H30N4O5S/c1-18-7-9-19(10-8-18)25-27-24(34-28-25)14-13-23(30)26-21-17-20(11-12-22(21)33-2)35(31,32)29-15-5-3-4-6-16-29/h7-12,17H,3-6,13-16H2,1-2H3,(H,26,30). The molecule has 0 aliphatic carbocycles. The van der Waals surface area contributed by atoms with Crippen LogP contribution < -0.4 is 10.1 Å². The van der Waals surface area contributed by atoms with E-state index in [1.807, 2.05) is 31.2 Å². The van der Waals surface area contributed by atoms with Gasteiger partial charge in [-0.3, -0.25) is 4.79 Å². The fraction of sp³-hybridized carbons (Fsp3) is 0.400. The molecule has 0 bridgehead atoms. The zero-order valence-corrected chi connectivity index (χ0v) is 20.8. The van der Waals surface area contributed by atoms with Gasteiger partial charge in [0.2, 0.25) is 27.6 Å². The number of anilines is 1. The summed E-state index contributed by atoms with van der Waals surface area (Å²) in [6.07, 6.45) is 4.09. The summed E-state index contributed by atoms with van der Waals surface area (Å²) < 4.78 is 38.5. The number of hydrogen-bond donors (Lipinski definition) is 1. The van der Waals surface area contributed by atoms with Crippen LogP contribution in [0.15, 0.2) is 51.9 Å². The van der Waals surface area contributed by atoms with E-state index < -0.39 is 10.0 Å². The Morgan fingerprint density at radius 1 is 1.09 bits per heavy atom. The number of sulfonamides is 1. The molecule has 3 aromatic rings. The van der Waals surface area contributed by atoms with E-state index in [-0.39, 0.29) is 23.6 Å². The van der Waals surface area contributed by atoms with Crippen LogP contribution >= 0.6 is 0 Å². The van der Waals surface area contributed by atoms with Crippen LogP contribution in [0.25, 0.3) is 11.4 Å². The Balaban J connectivity index is 1.43. The van der Waals surface area contributed by atoms with E-state index in [1.165, 1.54) is 23.5 Å².